The van der Waals surface area contributed by atoms with Gasteiger partial charge in [0.2, 0.25) is 5.82 Å². The van der Waals surface area contributed by atoms with Gasteiger partial charge in [-0.25, -0.2) is 13.8 Å². The van der Waals surface area contributed by atoms with Crippen LogP contribution in [-0.4, -0.2) is 35.6 Å². The van der Waals surface area contributed by atoms with Gasteiger partial charge in [0.1, 0.15) is 6.33 Å². The van der Waals surface area contributed by atoms with Gasteiger partial charge < -0.3 is 9.64 Å². The molecule has 0 bridgehead atoms. The molecule has 4 nitrogen and oxygen atoms in total. The van der Waals surface area contributed by atoms with Crippen LogP contribution in [0.4, 0.5) is 19.0 Å². The Labute approximate surface area is 108 Å². The van der Waals surface area contributed by atoms with Crippen molar-refractivity contribution in [2.75, 3.05) is 24.6 Å². The fourth-order valence-corrected chi connectivity index (χ4v) is 2.22. The first kappa shape index (κ1) is 12.5. The third kappa shape index (κ3) is 2.46. The average Bonchev–Trinajstić information content (AvgIpc) is 2.82. The second kappa shape index (κ2) is 4.54. The molecule has 0 aromatic carbocycles. The topological polar surface area (TPSA) is 38.3 Å². The maximum Gasteiger partial charge on any atom is 0.255 e. The SMILES string of the molecule is Fc1c(OC[C@H]2CC2(F)F)ncnc1N1CCCC1. The summed E-state index contributed by atoms with van der Waals surface area (Å²) in [5, 5.41) is 0. The van der Waals surface area contributed by atoms with Crippen molar-refractivity contribution in [3.63, 3.8) is 0 Å². The van der Waals surface area contributed by atoms with Crippen LogP contribution >= 0.6 is 0 Å². The van der Waals surface area contributed by atoms with Crippen LogP contribution in [0.1, 0.15) is 19.3 Å². The van der Waals surface area contributed by atoms with Crippen LogP contribution in [0.2, 0.25) is 0 Å². The molecular weight excluding hydrogens is 259 g/mol. The lowest BCUT2D eigenvalue weighted by Crippen LogP contribution is -2.21. The lowest BCUT2D eigenvalue weighted by molar-refractivity contribution is 0.0842. The van der Waals surface area contributed by atoms with Crippen molar-refractivity contribution >= 4 is 5.82 Å². The number of hydrogen-bond acceptors (Lipinski definition) is 4. The Bertz CT molecular complexity index is 477. The van der Waals surface area contributed by atoms with Crippen LogP contribution in [-0.2, 0) is 0 Å². The van der Waals surface area contributed by atoms with E-state index in [-0.39, 0.29) is 24.7 Å². The van der Waals surface area contributed by atoms with Gasteiger partial charge in [-0.2, -0.15) is 9.37 Å². The van der Waals surface area contributed by atoms with Crippen LogP contribution in [0.3, 0.4) is 0 Å². The summed E-state index contributed by atoms with van der Waals surface area (Å²) in [6.45, 7) is 1.28. The number of halogens is 3. The molecule has 2 fully saturated rings. The smallest absolute Gasteiger partial charge is 0.255 e. The first-order chi connectivity index (χ1) is 9.08. The van der Waals surface area contributed by atoms with E-state index in [0.29, 0.717) is 0 Å². The van der Waals surface area contributed by atoms with Crippen molar-refractivity contribution in [1.82, 2.24) is 9.97 Å². The number of anilines is 1. The number of rotatable bonds is 4. The fourth-order valence-electron chi connectivity index (χ4n) is 2.22. The third-order valence-electron chi connectivity index (χ3n) is 3.52. The Morgan fingerprint density at radius 3 is 2.63 bits per heavy atom. The minimum Gasteiger partial charge on any atom is -0.475 e. The molecule has 1 saturated heterocycles. The van der Waals surface area contributed by atoms with Crippen LogP contribution < -0.4 is 9.64 Å². The standard InChI is InChI=1S/C12H14F3N3O/c13-9-10(18-3-1-2-4-18)16-7-17-11(9)19-6-8-5-12(8,14)15/h7-8H,1-6H2/t8-/m1/s1. The Morgan fingerprint density at radius 1 is 1.32 bits per heavy atom. The van der Waals surface area contributed by atoms with Gasteiger partial charge in [-0.05, 0) is 12.8 Å². The van der Waals surface area contributed by atoms with Gasteiger partial charge in [0.25, 0.3) is 11.8 Å². The molecule has 1 aromatic rings. The molecule has 19 heavy (non-hydrogen) atoms. The lowest BCUT2D eigenvalue weighted by atomic mass is 10.4. The minimum absolute atomic E-state index is 0.196. The highest BCUT2D eigenvalue weighted by molar-refractivity contribution is 5.43. The van der Waals surface area contributed by atoms with Crippen molar-refractivity contribution in [2.24, 2.45) is 5.92 Å². The number of alkyl halides is 2. The van der Waals surface area contributed by atoms with E-state index in [1.54, 1.807) is 0 Å². The van der Waals surface area contributed by atoms with Crippen LogP contribution in [0.5, 0.6) is 5.88 Å². The Morgan fingerprint density at radius 2 is 2.00 bits per heavy atom. The summed E-state index contributed by atoms with van der Waals surface area (Å²) in [4.78, 5) is 9.40. The van der Waals surface area contributed by atoms with Gasteiger partial charge in [0.05, 0.1) is 12.5 Å². The van der Waals surface area contributed by atoms with E-state index in [9.17, 15) is 13.2 Å². The van der Waals surface area contributed by atoms with Crippen LogP contribution in [0.25, 0.3) is 0 Å². The number of ether oxygens (including phenoxy) is 1. The van der Waals surface area contributed by atoms with Gasteiger partial charge in [-0.1, -0.05) is 0 Å². The molecule has 0 N–H and O–H groups in total. The molecule has 1 aromatic heterocycles. The molecule has 0 unspecified atom stereocenters. The van der Waals surface area contributed by atoms with E-state index in [4.69, 9.17) is 4.74 Å². The monoisotopic (exact) mass is 273 g/mol. The zero-order valence-electron chi connectivity index (χ0n) is 10.3. The summed E-state index contributed by atoms with van der Waals surface area (Å²) in [6, 6.07) is 0. The summed E-state index contributed by atoms with van der Waals surface area (Å²) in [7, 11) is 0. The molecule has 2 heterocycles. The highest BCUT2D eigenvalue weighted by Gasteiger charge is 2.57. The third-order valence-corrected chi connectivity index (χ3v) is 3.52. The minimum atomic E-state index is -2.67. The zero-order valence-corrected chi connectivity index (χ0v) is 10.3. The molecule has 0 amide bonds. The van der Waals surface area contributed by atoms with E-state index < -0.39 is 17.7 Å². The highest BCUT2D eigenvalue weighted by atomic mass is 19.3. The quantitative estimate of drug-likeness (QED) is 0.843. The van der Waals surface area contributed by atoms with Crippen LogP contribution in [0.15, 0.2) is 6.33 Å². The predicted octanol–water partition coefficient (Wildman–Crippen LogP) is 2.25. The maximum atomic E-state index is 14.1. The second-order valence-electron chi connectivity index (χ2n) is 4.98. The summed E-state index contributed by atoms with van der Waals surface area (Å²) in [6.07, 6.45) is 3.00. The Kier molecular flexibility index (Phi) is 2.99. The van der Waals surface area contributed by atoms with Crippen molar-refractivity contribution in [1.29, 1.82) is 0 Å². The van der Waals surface area contributed by atoms with Gasteiger partial charge in [-0.15, -0.1) is 0 Å². The molecule has 0 spiro atoms. The molecule has 2 aliphatic rings. The van der Waals surface area contributed by atoms with Crippen molar-refractivity contribution in [3.05, 3.63) is 12.1 Å². The van der Waals surface area contributed by atoms with Gasteiger partial charge in [0, 0.05) is 19.5 Å². The summed E-state index contributed by atoms with van der Waals surface area (Å²) in [5.74, 6) is -4.18. The van der Waals surface area contributed by atoms with E-state index in [1.165, 1.54) is 6.33 Å². The number of aromatic nitrogens is 2. The predicted molar refractivity (Wildman–Crippen MR) is 62.0 cm³/mol. The molecule has 1 aliphatic heterocycles. The van der Waals surface area contributed by atoms with Gasteiger partial charge in [-0.3, -0.25) is 0 Å². The lowest BCUT2D eigenvalue weighted by Gasteiger charge is -2.17. The molecule has 7 heteroatoms. The second-order valence-corrected chi connectivity index (χ2v) is 4.98. The zero-order chi connectivity index (χ0) is 13.5. The van der Waals surface area contributed by atoms with Crippen molar-refractivity contribution in [2.45, 2.75) is 25.2 Å². The van der Waals surface area contributed by atoms with Gasteiger partial charge >= 0.3 is 0 Å². The van der Waals surface area contributed by atoms with E-state index in [1.807, 2.05) is 4.90 Å². The van der Waals surface area contributed by atoms with Gasteiger partial charge in [0.15, 0.2) is 5.82 Å². The first-order valence-corrected chi connectivity index (χ1v) is 6.34. The molecule has 1 atom stereocenters. The fraction of sp³-hybridized carbons (Fsp3) is 0.667. The molecule has 1 aliphatic carbocycles. The van der Waals surface area contributed by atoms with E-state index in [2.05, 4.69) is 9.97 Å². The summed E-state index contributed by atoms with van der Waals surface area (Å²) in [5.41, 5.74) is 0. The van der Waals surface area contributed by atoms with E-state index >= 15 is 0 Å². The molecule has 104 valence electrons. The van der Waals surface area contributed by atoms with Crippen molar-refractivity contribution in [3.8, 4) is 5.88 Å². The Hall–Kier alpha value is -1.53. The summed E-state index contributed by atoms with van der Waals surface area (Å²) >= 11 is 0. The molecule has 0 radical (unpaired) electrons. The molecule has 3 rings (SSSR count). The molecular formula is C12H14F3N3O. The van der Waals surface area contributed by atoms with E-state index in [0.717, 1.165) is 25.9 Å². The molecule has 1 saturated carbocycles. The van der Waals surface area contributed by atoms with Crippen molar-refractivity contribution < 1.29 is 17.9 Å². The van der Waals surface area contributed by atoms with Crippen LogP contribution in [0, 0.1) is 11.7 Å². The number of nitrogens with zero attached hydrogens (tertiary/aromatic N) is 3. The first-order valence-electron chi connectivity index (χ1n) is 6.34. The highest BCUT2D eigenvalue weighted by Crippen LogP contribution is 2.48. The Balaban J connectivity index is 1.69. The largest absolute Gasteiger partial charge is 0.475 e. The average molecular weight is 273 g/mol. The number of hydrogen-bond donors (Lipinski definition) is 0. The normalized spacial score (nSPS) is 24.6. The maximum absolute atomic E-state index is 14.1. The summed E-state index contributed by atoms with van der Waals surface area (Å²) < 4.78 is 44.6.